The quantitative estimate of drug-likeness (QED) is 0.541. The maximum Gasteiger partial charge on any atom is 0.234 e. The van der Waals surface area contributed by atoms with Gasteiger partial charge in [-0.15, -0.1) is 10.2 Å². The third-order valence-corrected chi connectivity index (χ3v) is 5.51. The Hall–Kier alpha value is -2.22. The second-order valence-corrected chi connectivity index (χ2v) is 7.75. The molecule has 0 saturated carbocycles. The smallest absolute Gasteiger partial charge is 0.234 e. The number of anilines is 1. The number of nitrogens with one attached hydrogen (secondary N) is 1. The highest BCUT2D eigenvalue weighted by Crippen LogP contribution is 2.26. The van der Waals surface area contributed by atoms with Gasteiger partial charge in [0, 0.05) is 7.05 Å². The van der Waals surface area contributed by atoms with Gasteiger partial charge in [0.05, 0.1) is 21.5 Å². The zero-order valence-corrected chi connectivity index (χ0v) is 17.6. The standard InChI is InChI=1S/C19H18Cl2N4O2S/c1-12-7-8-14(21)16(9-12)27-10-17-23-24-19(25(17)2)28-11-18(26)22-15-6-4-3-5-13(15)20/h3-9H,10-11H2,1-2H3,(H,22,26). The predicted molar refractivity (Wildman–Crippen MR) is 112 cm³/mol. The predicted octanol–water partition coefficient (Wildman–Crippen LogP) is 4.74. The van der Waals surface area contributed by atoms with Crippen LogP contribution in [0.4, 0.5) is 5.69 Å². The van der Waals surface area contributed by atoms with Crippen molar-refractivity contribution in [3.05, 3.63) is 63.9 Å². The minimum absolute atomic E-state index is 0.176. The van der Waals surface area contributed by atoms with Gasteiger partial charge in [0.2, 0.25) is 5.91 Å². The molecule has 3 aromatic rings. The molecule has 3 rings (SSSR count). The van der Waals surface area contributed by atoms with E-state index in [-0.39, 0.29) is 18.3 Å². The maximum atomic E-state index is 12.1. The maximum absolute atomic E-state index is 12.1. The number of hydrogen-bond donors (Lipinski definition) is 1. The average Bonchev–Trinajstić information content (AvgIpc) is 3.02. The number of nitrogens with zero attached hydrogens (tertiary/aromatic N) is 3. The molecule has 9 heteroatoms. The Morgan fingerprint density at radius 3 is 2.75 bits per heavy atom. The molecular formula is C19H18Cl2N4O2S. The van der Waals surface area contributed by atoms with Crippen molar-refractivity contribution >= 4 is 46.6 Å². The first-order valence-electron chi connectivity index (χ1n) is 8.38. The molecule has 146 valence electrons. The van der Waals surface area contributed by atoms with Crippen molar-refractivity contribution in [1.29, 1.82) is 0 Å². The summed E-state index contributed by atoms with van der Waals surface area (Å²) in [6, 6.07) is 12.7. The van der Waals surface area contributed by atoms with E-state index in [0.29, 0.717) is 32.5 Å². The summed E-state index contributed by atoms with van der Waals surface area (Å²) in [6.07, 6.45) is 0. The van der Waals surface area contributed by atoms with Gasteiger partial charge in [-0.3, -0.25) is 4.79 Å². The monoisotopic (exact) mass is 436 g/mol. The summed E-state index contributed by atoms with van der Waals surface area (Å²) in [7, 11) is 1.82. The Bertz CT molecular complexity index is 994. The number of para-hydroxylation sites is 1. The molecule has 2 aromatic carbocycles. The van der Waals surface area contributed by atoms with E-state index >= 15 is 0 Å². The van der Waals surface area contributed by atoms with Crippen molar-refractivity contribution < 1.29 is 9.53 Å². The Kier molecular flexibility index (Phi) is 6.83. The molecule has 1 N–H and O–H groups in total. The molecule has 0 aliphatic heterocycles. The van der Waals surface area contributed by atoms with Gasteiger partial charge in [-0.2, -0.15) is 0 Å². The molecule has 0 aliphatic rings. The molecule has 0 spiro atoms. The van der Waals surface area contributed by atoms with Crippen LogP contribution >= 0.6 is 35.0 Å². The van der Waals surface area contributed by atoms with E-state index in [0.717, 1.165) is 5.56 Å². The molecule has 1 amide bonds. The lowest BCUT2D eigenvalue weighted by atomic mass is 10.2. The molecule has 28 heavy (non-hydrogen) atoms. The molecule has 6 nitrogen and oxygen atoms in total. The Morgan fingerprint density at radius 2 is 1.96 bits per heavy atom. The van der Waals surface area contributed by atoms with E-state index in [9.17, 15) is 4.79 Å². The minimum atomic E-state index is -0.176. The fraction of sp³-hybridized carbons (Fsp3) is 0.211. The van der Waals surface area contributed by atoms with Crippen LogP contribution in [0, 0.1) is 6.92 Å². The largest absolute Gasteiger partial charge is 0.484 e. The van der Waals surface area contributed by atoms with Gasteiger partial charge >= 0.3 is 0 Å². The molecular weight excluding hydrogens is 419 g/mol. The van der Waals surface area contributed by atoms with Crippen LogP contribution in [0.5, 0.6) is 5.75 Å². The number of rotatable bonds is 7. The van der Waals surface area contributed by atoms with Gasteiger partial charge < -0.3 is 14.6 Å². The Morgan fingerprint density at radius 1 is 1.18 bits per heavy atom. The number of hydrogen-bond acceptors (Lipinski definition) is 5. The lowest BCUT2D eigenvalue weighted by Gasteiger charge is -2.09. The van der Waals surface area contributed by atoms with Crippen molar-refractivity contribution in [3.63, 3.8) is 0 Å². The molecule has 0 radical (unpaired) electrons. The number of benzene rings is 2. The minimum Gasteiger partial charge on any atom is -0.484 e. The number of halogens is 2. The highest BCUT2D eigenvalue weighted by Gasteiger charge is 2.13. The van der Waals surface area contributed by atoms with Crippen molar-refractivity contribution in [1.82, 2.24) is 14.8 Å². The number of thioether (sulfide) groups is 1. The third-order valence-electron chi connectivity index (χ3n) is 3.85. The van der Waals surface area contributed by atoms with Gasteiger partial charge in [0.1, 0.15) is 12.4 Å². The first kappa shape index (κ1) is 20.5. The van der Waals surface area contributed by atoms with Crippen LogP contribution < -0.4 is 10.1 Å². The van der Waals surface area contributed by atoms with Crippen LogP contribution in [0.15, 0.2) is 47.6 Å². The highest BCUT2D eigenvalue weighted by atomic mass is 35.5. The molecule has 0 atom stereocenters. The number of carbonyl (C=O) groups excluding carboxylic acids is 1. The highest BCUT2D eigenvalue weighted by molar-refractivity contribution is 7.99. The Labute approximate surface area is 177 Å². The summed E-state index contributed by atoms with van der Waals surface area (Å²) >= 11 is 13.5. The topological polar surface area (TPSA) is 69.0 Å². The molecule has 0 aliphatic carbocycles. The summed E-state index contributed by atoms with van der Waals surface area (Å²) in [5.74, 6) is 1.23. The van der Waals surface area contributed by atoms with Gasteiger partial charge in [0.15, 0.2) is 11.0 Å². The number of aromatic nitrogens is 3. The van der Waals surface area contributed by atoms with Gasteiger partial charge in [-0.05, 0) is 36.8 Å². The number of ether oxygens (including phenoxy) is 1. The van der Waals surface area contributed by atoms with Crippen molar-refractivity contribution in [2.24, 2.45) is 7.05 Å². The zero-order valence-electron chi connectivity index (χ0n) is 15.3. The van der Waals surface area contributed by atoms with Crippen LogP contribution in [0.25, 0.3) is 0 Å². The SMILES string of the molecule is Cc1ccc(Cl)c(OCc2nnc(SCC(=O)Nc3ccccc3Cl)n2C)c1. The van der Waals surface area contributed by atoms with Gasteiger partial charge in [-0.1, -0.05) is 53.2 Å². The van der Waals surface area contributed by atoms with Gasteiger partial charge in [0.25, 0.3) is 0 Å². The first-order chi connectivity index (χ1) is 13.4. The number of carbonyl (C=O) groups is 1. The average molecular weight is 437 g/mol. The fourth-order valence-electron chi connectivity index (χ4n) is 2.34. The van der Waals surface area contributed by atoms with Crippen LogP contribution in [-0.2, 0) is 18.4 Å². The summed E-state index contributed by atoms with van der Waals surface area (Å²) in [5, 5.41) is 12.7. The lowest BCUT2D eigenvalue weighted by Crippen LogP contribution is -2.14. The fourth-order valence-corrected chi connectivity index (χ4v) is 3.42. The number of aryl methyl sites for hydroxylation is 1. The van der Waals surface area contributed by atoms with Crippen LogP contribution in [0.1, 0.15) is 11.4 Å². The van der Waals surface area contributed by atoms with E-state index in [1.807, 2.05) is 32.2 Å². The van der Waals surface area contributed by atoms with Crippen LogP contribution in [-0.4, -0.2) is 26.4 Å². The molecule has 0 bridgehead atoms. The second kappa shape index (κ2) is 9.32. The molecule has 0 unspecified atom stereocenters. The van der Waals surface area contributed by atoms with E-state index < -0.39 is 0 Å². The molecule has 1 heterocycles. The lowest BCUT2D eigenvalue weighted by molar-refractivity contribution is -0.113. The van der Waals surface area contributed by atoms with Gasteiger partial charge in [-0.25, -0.2) is 0 Å². The van der Waals surface area contributed by atoms with Crippen LogP contribution in [0.3, 0.4) is 0 Å². The molecule has 1 aromatic heterocycles. The first-order valence-corrected chi connectivity index (χ1v) is 10.1. The Balaban J connectivity index is 1.56. The normalized spacial score (nSPS) is 10.7. The molecule has 0 fully saturated rings. The second-order valence-electron chi connectivity index (χ2n) is 6.00. The van der Waals surface area contributed by atoms with E-state index in [1.165, 1.54) is 11.8 Å². The van der Waals surface area contributed by atoms with E-state index in [4.69, 9.17) is 27.9 Å². The summed E-state index contributed by atoms with van der Waals surface area (Å²) in [6.45, 7) is 2.19. The van der Waals surface area contributed by atoms with E-state index in [1.54, 1.807) is 28.8 Å². The van der Waals surface area contributed by atoms with Crippen molar-refractivity contribution in [2.45, 2.75) is 18.7 Å². The van der Waals surface area contributed by atoms with Crippen LogP contribution in [0.2, 0.25) is 10.0 Å². The van der Waals surface area contributed by atoms with Crippen molar-refractivity contribution in [2.75, 3.05) is 11.1 Å². The van der Waals surface area contributed by atoms with E-state index in [2.05, 4.69) is 15.5 Å². The zero-order chi connectivity index (χ0) is 20.1. The summed E-state index contributed by atoms with van der Waals surface area (Å²) in [4.78, 5) is 12.1. The van der Waals surface area contributed by atoms with Crippen molar-refractivity contribution in [3.8, 4) is 5.75 Å². The summed E-state index contributed by atoms with van der Waals surface area (Å²) < 4.78 is 7.55. The third kappa shape index (κ3) is 5.19. The summed E-state index contributed by atoms with van der Waals surface area (Å²) in [5.41, 5.74) is 1.63. The number of amides is 1. The molecule has 0 saturated heterocycles.